The van der Waals surface area contributed by atoms with E-state index in [0.29, 0.717) is 10.6 Å². The van der Waals surface area contributed by atoms with Crippen LogP contribution < -0.4 is 10.6 Å². The fourth-order valence-electron chi connectivity index (χ4n) is 1.33. The van der Waals surface area contributed by atoms with Crippen molar-refractivity contribution >= 4 is 29.0 Å². The van der Waals surface area contributed by atoms with Crippen LogP contribution in [0.1, 0.15) is 36.0 Å². The molecular weight excluding hydrogens is 252 g/mol. The number of amides is 2. The maximum atomic E-state index is 11.8. The molecular formula is C12H18N2O3S. The quantitative estimate of drug-likeness (QED) is 0.812. The van der Waals surface area contributed by atoms with Gasteiger partial charge in [-0.05, 0) is 38.6 Å². The van der Waals surface area contributed by atoms with E-state index < -0.39 is 5.97 Å². The largest absolute Gasteiger partial charge is 0.465 e. The van der Waals surface area contributed by atoms with E-state index in [2.05, 4.69) is 15.4 Å². The average Bonchev–Trinajstić information content (AvgIpc) is 2.57. The Balaban J connectivity index is 2.87. The van der Waals surface area contributed by atoms with Crippen molar-refractivity contribution in [2.24, 2.45) is 0 Å². The van der Waals surface area contributed by atoms with Crippen LogP contribution in [0.3, 0.4) is 0 Å². The number of hydrogen-bond donors (Lipinski definition) is 2. The Hall–Kier alpha value is -1.56. The highest BCUT2D eigenvalue weighted by Crippen LogP contribution is 2.28. The SMILES string of the molecule is COC(=O)c1scc(C)c1NC(=O)NC(C)(C)C. The molecule has 1 heterocycles. The molecule has 0 saturated heterocycles. The number of carbonyl (C=O) groups is 2. The minimum Gasteiger partial charge on any atom is -0.465 e. The van der Waals surface area contributed by atoms with Gasteiger partial charge in [0, 0.05) is 5.54 Å². The maximum absolute atomic E-state index is 11.8. The van der Waals surface area contributed by atoms with E-state index in [1.807, 2.05) is 27.7 Å². The molecule has 0 fully saturated rings. The molecule has 0 aliphatic rings. The molecule has 0 unspecified atom stereocenters. The lowest BCUT2D eigenvalue weighted by Gasteiger charge is -2.21. The van der Waals surface area contributed by atoms with Gasteiger partial charge in [0.1, 0.15) is 4.88 Å². The lowest BCUT2D eigenvalue weighted by atomic mass is 10.1. The van der Waals surface area contributed by atoms with Gasteiger partial charge in [-0.2, -0.15) is 0 Å². The van der Waals surface area contributed by atoms with Crippen LogP contribution in [0, 0.1) is 6.92 Å². The number of rotatable bonds is 2. The summed E-state index contributed by atoms with van der Waals surface area (Å²) in [7, 11) is 1.32. The third kappa shape index (κ3) is 3.73. The van der Waals surface area contributed by atoms with E-state index >= 15 is 0 Å². The van der Waals surface area contributed by atoms with Crippen LogP contribution in [0.15, 0.2) is 5.38 Å². The summed E-state index contributed by atoms with van der Waals surface area (Å²) in [5.74, 6) is -0.445. The third-order valence-corrected chi connectivity index (χ3v) is 3.15. The zero-order valence-corrected chi connectivity index (χ0v) is 12.0. The highest BCUT2D eigenvalue weighted by molar-refractivity contribution is 7.12. The van der Waals surface area contributed by atoms with E-state index in [0.717, 1.165) is 5.56 Å². The Kier molecular flexibility index (Phi) is 4.34. The molecule has 5 nitrogen and oxygen atoms in total. The van der Waals surface area contributed by atoms with E-state index in [1.165, 1.54) is 18.4 Å². The first-order valence-corrected chi connectivity index (χ1v) is 6.38. The van der Waals surface area contributed by atoms with Gasteiger partial charge in [-0.15, -0.1) is 11.3 Å². The Morgan fingerprint density at radius 2 is 1.94 bits per heavy atom. The van der Waals surface area contributed by atoms with Crippen LogP contribution in [0.4, 0.5) is 10.5 Å². The number of urea groups is 1. The fourth-order valence-corrected chi connectivity index (χ4v) is 2.25. The van der Waals surface area contributed by atoms with E-state index in [9.17, 15) is 9.59 Å². The molecule has 0 aliphatic carbocycles. The van der Waals surface area contributed by atoms with Crippen molar-refractivity contribution in [1.82, 2.24) is 5.32 Å². The number of esters is 1. The molecule has 0 bridgehead atoms. The molecule has 100 valence electrons. The second kappa shape index (κ2) is 5.39. The van der Waals surface area contributed by atoms with Crippen LogP contribution >= 0.6 is 11.3 Å². The first kappa shape index (κ1) is 14.5. The van der Waals surface area contributed by atoms with Crippen molar-refractivity contribution in [1.29, 1.82) is 0 Å². The summed E-state index contributed by atoms with van der Waals surface area (Å²) >= 11 is 1.25. The molecule has 0 aliphatic heterocycles. The average molecular weight is 270 g/mol. The summed E-state index contributed by atoms with van der Waals surface area (Å²) < 4.78 is 4.67. The predicted octanol–water partition coefficient (Wildman–Crippen LogP) is 2.76. The molecule has 0 aromatic carbocycles. The van der Waals surface area contributed by atoms with E-state index in [4.69, 9.17) is 0 Å². The molecule has 6 heteroatoms. The smallest absolute Gasteiger partial charge is 0.350 e. The number of anilines is 1. The molecule has 1 rings (SSSR count). The first-order chi connectivity index (χ1) is 8.24. The minimum absolute atomic E-state index is 0.334. The molecule has 1 aromatic rings. The number of thiophene rings is 1. The molecule has 0 spiro atoms. The summed E-state index contributed by atoms with van der Waals surface area (Å²) in [6, 6.07) is -0.339. The third-order valence-electron chi connectivity index (χ3n) is 2.07. The van der Waals surface area contributed by atoms with Crippen LogP contribution in [-0.2, 0) is 4.74 Å². The second-order valence-corrected chi connectivity index (χ2v) is 5.82. The van der Waals surface area contributed by atoms with Gasteiger partial charge in [0.2, 0.25) is 0 Å². The van der Waals surface area contributed by atoms with Crippen molar-refractivity contribution in [3.8, 4) is 0 Å². The van der Waals surface area contributed by atoms with Crippen molar-refractivity contribution in [3.05, 3.63) is 15.8 Å². The van der Waals surface area contributed by atoms with Crippen molar-refractivity contribution in [3.63, 3.8) is 0 Å². The van der Waals surface area contributed by atoms with Crippen LogP contribution in [-0.4, -0.2) is 24.6 Å². The number of hydrogen-bond acceptors (Lipinski definition) is 4. The number of methoxy groups -OCH3 is 1. The monoisotopic (exact) mass is 270 g/mol. The molecule has 18 heavy (non-hydrogen) atoms. The molecule has 1 aromatic heterocycles. The maximum Gasteiger partial charge on any atom is 0.350 e. The van der Waals surface area contributed by atoms with Gasteiger partial charge in [-0.25, -0.2) is 9.59 Å². The van der Waals surface area contributed by atoms with Gasteiger partial charge >= 0.3 is 12.0 Å². The number of nitrogens with one attached hydrogen (secondary N) is 2. The van der Waals surface area contributed by atoms with Crippen LogP contribution in [0.25, 0.3) is 0 Å². The lowest BCUT2D eigenvalue weighted by Crippen LogP contribution is -2.43. The highest BCUT2D eigenvalue weighted by Gasteiger charge is 2.20. The Morgan fingerprint density at radius 1 is 1.33 bits per heavy atom. The highest BCUT2D eigenvalue weighted by atomic mass is 32.1. The molecule has 0 atom stereocenters. The number of ether oxygens (including phenoxy) is 1. The predicted molar refractivity (Wildman–Crippen MR) is 72.3 cm³/mol. The van der Waals surface area contributed by atoms with E-state index in [-0.39, 0.29) is 11.6 Å². The minimum atomic E-state index is -0.445. The van der Waals surface area contributed by atoms with Gasteiger partial charge in [0.15, 0.2) is 0 Å². The van der Waals surface area contributed by atoms with Crippen LogP contribution in [0.2, 0.25) is 0 Å². The first-order valence-electron chi connectivity index (χ1n) is 5.50. The summed E-state index contributed by atoms with van der Waals surface area (Å²) in [5.41, 5.74) is 1.01. The van der Waals surface area contributed by atoms with Crippen molar-refractivity contribution in [2.75, 3.05) is 12.4 Å². The standard InChI is InChI=1S/C12H18N2O3S/c1-7-6-18-9(10(15)17-5)8(7)13-11(16)14-12(2,3)4/h6H,1-5H3,(H2,13,14,16). The summed E-state index contributed by atoms with van der Waals surface area (Å²) in [6.45, 7) is 7.48. The molecule has 2 N–H and O–H groups in total. The number of carbonyl (C=O) groups excluding carboxylic acids is 2. The molecule has 2 amide bonds. The summed E-state index contributed by atoms with van der Waals surface area (Å²) in [6.07, 6.45) is 0. The summed E-state index contributed by atoms with van der Waals surface area (Å²) in [4.78, 5) is 23.7. The lowest BCUT2D eigenvalue weighted by molar-refractivity contribution is 0.0607. The zero-order valence-electron chi connectivity index (χ0n) is 11.2. The Bertz CT molecular complexity index is 460. The fraction of sp³-hybridized carbons (Fsp3) is 0.500. The normalized spacial score (nSPS) is 10.9. The van der Waals surface area contributed by atoms with Crippen LogP contribution in [0.5, 0.6) is 0 Å². The van der Waals surface area contributed by atoms with Crippen molar-refractivity contribution < 1.29 is 14.3 Å². The Morgan fingerprint density at radius 3 is 2.44 bits per heavy atom. The van der Waals surface area contributed by atoms with Crippen molar-refractivity contribution in [2.45, 2.75) is 33.2 Å². The van der Waals surface area contributed by atoms with Gasteiger partial charge in [0.25, 0.3) is 0 Å². The topological polar surface area (TPSA) is 67.4 Å². The summed E-state index contributed by atoms with van der Waals surface area (Å²) in [5, 5.41) is 7.27. The van der Waals surface area contributed by atoms with Gasteiger partial charge in [0.05, 0.1) is 12.8 Å². The second-order valence-electron chi connectivity index (χ2n) is 4.94. The molecule has 0 radical (unpaired) electrons. The van der Waals surface area contributed by atoms with Gasteiger partial charge < -0.3 is 15.4 Å². The number of aryl methyl sites for hydroxylation is 1. The Labute approximate surface area is 111 Å². The van der Waals surface area contributed by atoms with E-state index in [1.54, 1.807) is 5.38 Å². The molecule has 0 saturated carbocycles. The zero-order chi connectivity index (χ0) is 13.9. The van der Waals surface area contributed by atoms with Gasteiger partial charge in [-0.1, -0.05) is 0 Å². The van der Waals surface area contributed by atoms with Gasteiger partial charge in [-0.3, -0.25) is 0 Å².